The zero-order valence-electron chi connectivity index (χ0n) is 12.9. The summed E-state index contributed by atoms with van der Waals surface area (Å²) in [7, 11) is 0. The number of aliphatic hydroxyl groups is 1. The summed E-state index contributed by atoms with van der Waals surface area (Å²) in [5.74, 6) is 0.740. The van der Waals surface area contributed by atoms with E-state index in [0.717, 1.165) is 35.8 Å². The average molecular weight is 284 g/mol. The van der Waals surface area contributed by atoms with E-state index in [1.165, 1.54) is 24.8 Å². The van der Waals surface area contributed by atoms with Gasteiger partial charge in [-0.15, -0.1) is 0 Å². The standard InChI is InChI=1S/C18H24N2O/c1-3-16-12-17(20(4-2)19-16)18(21)15-10-8-14(9-11-15)13-6-5-7-13/h8-13,18,21H,3-7H2,1-2H3. The molecule has 1 heterocycles. The third kappa shape index (κ3) is 2.75. The highest BCUT2D eigenvalue weighted by Gasteiger charge is 2.21. The highest BCUT2D eigenvalue weighted by Crippen LogP contribution is 2.36. The van der Waals surface area contributed by atoms with Gasteiger partial charge in [0.1, 0.15) is 6.10 Å². The molecule has 21 heavy (non-hydrogen) atoms. The number of aryl methyl sites for hydroxylation is 2. The Morgan fingerprint density at radius 3 is 2.48 bits per heavy atom. The van der Waals surface area contributed by atoms with Crippen LogP contribution in [0.25, 0.3) is 0 Å². The number of nitrogens with zero attached hydrogens (tertiary/aromatic N) is 2. The second kappa shape index (κ2) is 6.02. The van der Waals surface area contributed by atoms with Crippen LogP contribution in [0.3, 0.4) is 0 Å². The Balaban J connectivity index is 1.83. The molecule has 1 aromatic heterocycles. The predicted octanol–water partition coefficient (Wildman–Crippen LogP) is 3.81. The van der Waals surface area contributed by atoms with Crippen molar-refractivity contribution in [2.45, 2.75) is 58.1 Å². The van der Waals surface area contributed by atoms with Crippen molar-refractivity contribution in [3.05, 3.63) is 52.8 Å². The molecule has 0 aliphatic heterocycles. The van der Waals surface area contributed by atoms with Crippen molar-refractivity contribution in [3.8, 4) is 0 Å². The number of benzene rings is 1. The van der Waals surface area contributed by atoms with Gasteiger partial charge in [-0.25, -0.2) is 0 Å². The lowest BCUT2D eigenvalue weighted by Crippen LogP contribution is -2.10. The van der Waals surface area contributed by atoms with Crippen molar-refractivity contribution in [3.63, 3.8) is 0 Å². The molecular weight excluding hydrogens is 260 g/mol. The lowest BCUT2D eigenvalue weighted by Gasteiger charge is -2.26. The Morgan fingerprint density at radius 2 is 1.95 bits per heavy atom. The first kappa shape index (κ1) is 14.3. The maximum atomic E-state index is 10.7. The molecule has 2 aromatic rings. The van der Waals surface area contributed by atoms with E-state index >= 15 is 0 Å². The van der Waals surface area contributed by atoms with Crippen molar-refractivity contribution in [2.75, 3.05) is 0 Å². The fourth-order valence-corrected chi connectivity index (χ4v) is 3.00. The van der Waals surface area contributed by atoms with Crippen molar-refractivity contribution < 1.29 is 5.11 Å². The normalized spacial score (nSPS) is 16.7. The van der Waals surface area contributed by atoms with Gasteiger partial charge < -0.3 is 5.11 Å². The highest BCUT2D eigenvalue weighted by atomic mass is 16.3. The van der Waals surface area contributed by atoms with E-state index in [1.54, 1.807) is 0 Å². The highest BCUT2D eigenvalue weighted by molar-refractivity contribution is 5.32. The molecule has 1 saturated carbocycles. The van der Waals surface area contributed by atoms with E-state index in [1.807, 2.05) is 10.7 Å². The Labute approximate surface area is 126 Å². The largest absolute Gasteiger partial charge is 0.382 e. The molecule has 1 aliphatic rings. The molecule has 0 radical (unpaired) electrons. The molecule has 0 bridgehead atoms. The van der Waals surface area contributed by atoms with Crippen molar-refractivity contribution in [1.82, 2.24) is 9.78 Å². The van der Waals surface area contributed by atoms with E-state index in [2.05, 4.69) is 43.2 Å². The quantitative estimate of drug-likeness (QED) is 0.906. The maximum Gasteiger partial charge on any atom is 0.121 e. The monoisotopic (exact) mass is 284 g/mol. The molecule has 3 rings (SSSR count). The van der Waals surface area contributed by atoms with Gasteiger partial charge in [0.05, 0.1) is 11.4 Å². The first-order valence-electron chi connectivity index (χ1n) is 8.07. The van der Waals surface area contributed by atoms with E-state index < -0.39 is 6.10 Å². The molecule has 0 spiro atoms. The summed E-state index contributed by atoms with van der Waals surface area (Å²) in [5.41, 5.74) is 4.30. The summed E-state index contributed by atoms with van der Waals surface area (Å²) < 4.78 is 1.91. The van der Waals surface area contributed by atoms with Gasteiger partial charge in [-0.05, 0) is 49.3 Å². The van der Waals surface area contributed by atoms with Crippen LogP contribution in [0.15, 0.2) is 30.3 Å². The molecule has 0 amide bonds. The summed E-state index contributed by atoms with van der Waals surface area (Å²) in [5, 5.41) is 15.2. The first-order chi connectivity index (χ1) is 10.2. The SMILES string of the molecule is CCc1cc(C(O)c2ccc(C3CCC3)cc2)n(CC)n1. The Bertz CT molecular complexity index is 596. The first-order valence-corrected chi connectivity index (χ1v) is 8.07. The van der Waals surface area contributed by atoms with Crippen LogP contribution >= 0.6 is 0 Å². The molecule has 0 saturated heterocycles. The van der Waals surface area contributed by atoms with Gasteiger partial charge in [-0.3, -0.25) is 4.68 Å². The van der Waals surface area contributed by atoms with Crippen LogP contribution in [0.2, 0.25) is 0 Å². The molecule has 1 unspecified atom stereocenters. The summed E-state index contributed by atoms with van der Waals surface area (Å²) in [6, 6.07) is 10.5. The fraction of sp³-hybridized carbons (Fsp3) is 0.500. The third-order valence-electron chi connectivity index (χ3n) is 4.63. The number of rotatable bonds is 5. The van der Waals surface area contributed by atoms with Gasteiger partial charge in [0.25, 0.3) is 0 Å². The van der Waals surface area contributed by atoms with Crippen LogP contribution < -0.4 is 0 Å². The van der Waals surface area contributed by atoms with E-state index in [-0.39, 0.29) is 0 Å². The second-order valence-corrected chi connectivity index (χ2v) is 5.93. The minimum absolute atomic E-state index is 0.590. The van der Waals surface area contributed by atoms with Crippen molar-refractivity contribution in [2.24, 2.45) is 0 Å². The van der Waals surface area contributed by atoms with Gasteiger partial charge in [0, 0.05) is 6.54 Å². The van der Waals surface area contributed by atoms with Gasteiger partial charge in [0.2, 0.25) is 0 Å². The number of aliphatic hydroxyl groups excluding tert-OH is 1. The van der Waals surface area contributed by atoms with Gasteiger partial charge in [-0.2, -0.15) is 5.10 Å². The average Bonchev–Trinajstić information content (AvgIpc) is 2.89. The molecule has 1 N–H and O–H groups in total. The van der Waals surface area contributed by atoms with Crippen LogP contribution in [0.4, 0.5) is 0 Å². The third-order valence-corrected chi connectivity index (χ3v) is 4.63. The van der Waals surface area contributed by atoms with Crippen LogP contribution in [0, 0.1) is 0 Å². The van der Waals surface area contributed by atoms with Gasteiger partial charge in [-0.1, -0.05) is 37.6 Å². The molecular formula is C18H24N2O. The van der Waals surface area contributed by atoms with Crippen molar-refractivity contribution in [1.29, 1.82) is 0 Å². The second-order valence-electron chi connectivity index (χ2n) is 5.93. The topological polar surface area (TPSA) is 38.0 Å². The van der Waals surface area contributed by atoms with Crippen LogP contribution in [-0.2, 0) is 13.0 Å². The summed E-state index contributed by atoms with van der Waals surface area (Å²) in [6.45, 7) is 4.93. The minimum atomic E-state index is -0.590. The van der Waals surface area contributed by atoms with Crippen LogP contribution in [-0.4, -0.2) is 14.9 Å². The van der Waals surface area contributed by atoms with E-state index in [9.17, 15) is 5.11 Å². The van der Waals surface area contributed by atoms with E-state index in [0.29, 0.717) is 0 Å². The lowest BCUT2D eigenvalue weighted by atomic mass is 9.80. The maximum absolute atomic E-state index is 10.7. The molecule has 1 atom stereocenters. The number of hydrogen-bond acceptors (Lipinski definition) is 2. The van der Waals surface area contributed by atoms with Crippen LogP contribution in [0.1, 0.15) is 67.6 Å². The van der Waals surface area contributed by atoms with Gasteiger partial charge in [0.15, 0.2) is 0 Å². The number of aromatic nitrogens is 2. The lowest BCUT2D eigenvalue weighted by molar-refractivity contribution is 0.208. The smallest absolute Gasteiger partial charge is 0.121 e. The molecule has 1 aliphatic carbocycles. The van der Waals surface area contributed by atoms with Crippen molar-refractivity contribution >= 4 is 0 Å². The summed E-state index contributed by atoms with van der Waals surface area (Å²) >= 11 is 0. The Morgan fingerprint density at radius 1 is 1.24 bits per heavy atom. The van der Waals surface area contributed by atoms with E-state index in [4.69, 9.17) is 0 Å². The predicted molar refractivity (Wildman–Crippen MR) is 84.4 cm³/mol. The molecule has 112 valence electrons. The summed E-state index contributed by atoms with van der Waals surface area (Å²) in [4.78, 5) is 0. The Hall–Kier alpha value is -1.61. The fourth-order valence-electron chi connectivity index (χ4n) is 3.00. The molecule has 3 nitrogen and oxygen atoms in total. The summed E-state index contributed by atoms with van der Waals surface area (Å²) in [6.07, 6.45) is 4.28. The zero-order chi connectivity index (χ0) is 14.8. The molecule has 3 heteroatoms. The zero-order valence-corrected chi connectivity index (χ0v) is 12.9. The number of hydrogen-bond donors (Lipinski definition) is 1. The molecule has 1 aromatic carbocycles. The minimum Gasteiger partial charge on any atom is -0.382 e. The Kier molecular flexibility index (Phi) is 4.11. The molecule has 1 fully saturated rings. The van der Waals surface area contributed by atoms with Gasteiger partial charge >= 0.3 is 0 Å². The van der Waals surface area contributed by atoms with Crippen LogP contribution in [0.5, 0.6) is 0 Å².